The van der Waals surface area contributed by atoms with E-state index in [4.69, 9.17) is 0 Å². The van der Waals surface area contributed by atoms with Crippen molar-refractivity contribution in [2.45, 2.75) is 78.3 Å². The van der Waals surface area contributed by atoms with Gasteiger partial charge in [0, 0.05) is 24.3 Å². The Bertz CT molecular complexity index is 895. The Morgan fingerprint density at radius 3 is 2.07 bits per heavy atom. The van der Waals surface area contributed by atoms with Crippen LogP contribution in [0.2, 0.25) is 0 Å². The lowest BCUT2D eigenvalue weighted by Crippen LogP contribution is -2.41. The number of carbonyl (C=O) groups is 1. The molecule has 0 fully saturated rings. The number of nitrogens with one attached hydrogen (secondary N) is 2. The van der Waals surface area contributed by atoms with Crippen LogP contribution in [-0.4, -0.2) is 43.7 Å². The van der Waals surface area contributed by atoms with E-state index in [1.165, 1.54) is 22.3 Å². The van der Waals surface area contributed by atoms with E-state index >= 15 is 0 Å². The lowest BCUT2D eigenvalue weighted by molar-refractivity contribution is 0.192. The quantitative estimate of drug-likeness (QED) is 0.612. The van der Waals surface area contributed by atoms with E-state index in [1.54, 1.807) is 0 Å². The number of sulfonamides is 1. The first-order chi connectivity index (χ1) is 14.1. The number of aryl methyl sites for hydroxylation is 2. The van der Waals surface area contributed by atoms with Gasteiger partial charge in [0.25, 0.3) is 0 Å². The molecular formula is C23H35N3O3S. The molecule has 2 N–H and O–H groups in total. The van der Waals surface area contributed by atoms with Gasteiger partial charge < -0.3 is 5.32 Å². The van der Waals surface area contributed by atoms with Crippen molar-refractivity contribution in [1.82, 2.24) is 9.62 Å². The van der Waals surface area contributed by atoms with Crippen LogP contribution in [-0.2, 0) is 35.7 Å². The SMILES string of the molecule is C=C(CN(C(C)C)C(C)C)CS(=O)(=O)NC(=O)Nc1c2c(cc3c1CCC3)CCC2. The molecule has 7 heteroatoms. The van der Waals surface area contributed by atoms with Gasteiger partial charge in [-0.25, -0.2) is 17.9 Å². The molecule has 2 aliphatic rings. The van der Waals surface area contributed by atoms with E-state index < -0.39 is 16.1 Å². The van der Waals surface area contributed by atoms with E-state index in [0.717, 1.165) is 44.2 Å². The predicted molar refractivity (Wildman–Crippen MR) is 123 cm³/mol. The van der Waals surface area contributed by atoms with Gasteiger partial charge in [0.05, 0.1) is 5.75 Å². The number of urea groups is 1. The highest BCUT2D eigenvalue weighted by Crippen LogP contribution is 2.38. The van der Waals surface area contributed by atoms with Crippen LogP contribution in [0, 0.1) is 0 Å². The molecule has 0 spiro atoms. The van der Waals surface area contributed by atoms with Crippen LogP contribution in [0.3, 0.4) is 0 Å². The molecule has 6 nitrogen and oxygen atoms in total. The van der Waals surface area contributed by atoms with Gasteiger partial charge in [-0.1, -0.05) is 12.6 Å². The molecular weight excluding hydrogens is 398 g/mol. The van der Waals surface area contributed by atoms with Crippen molar-refractivity contribution in [2.24, 2.45) is 0 Å². The summed E-state index contributed by atoms with van der Waals surface area (Å²) in [6.07, 6.45) is 6.08. The van der Waals surface area contributed by atoms with Gasteiger partial charge in [-0.15, -0.1) is 0 Å². The molecule has 0 saturated carbocycles. The monoisotopic (exact) mass is 433 g/mol. The van der Waals surface area contributed by atoms with E-state index in [0.29, 0.717) is 12.1 Å². The van der Waals surface area contributed by atoms with Crippen molar-refractivity contribution in [1.29, 1.82) is 0 Å². The molecule has 0 saturated heterocycles. The minimum absolute atomic E-state index is 0.263. The third-order valence-corrected chi connectivity index (χ3v) is 7.37. The van der Waals surface area contributed by atoms with E-state index in [2.05, 4.69) is 55.3 Å². The average Bonchev–Trinajstić information content (AvgIpc) is 3.26. The maximum Gasteiger partial charge on any atom is 0.332 e. The summed E-state index contributed by atoms with van der Waals surface area (Å²) in [5.74, 6) is -0.263. The fourth-order valence-electron chi connectivity index (χ4n) is 4.82. The minimum atomic E-state index is -3.81. The van der Waals surface area contributed by atoms with Crippen LogP contribution >= 0.6 is 0 Å². The highest BCUT2D eigenvalue weighted by molar-refractivity contribution is 7.90. The normalized spacial score (nSPS) is 15.6. The second-order valence-electron chi connectivity index (χ2n) is 9.16. The van der Waals surface area contributed by atoms with Crippen molar-refractivity contribution in [3.8, 4) is 0 Å². The maximum absolute atomic E-state index is 12.6. The number of benzene rings is 1. The van der Waals surface area contributed by atoms with Gasteiger partial charge >= 0.3 is 6.03 Å². The van der Waals surface area contributed by atoms with Gasteiger partial charge in [-0.05, 0) is 94.0 Å². The summed E-state index contributed by atoms with van der Waals surface area (Å²) in [6.45, 7) is 12.7. The third-order valence-electron chi connectivity index (χ3n) is 6.09. The van der Waals surface area contributed by atoms with Crippen LogP contribution in [0.25, 0.3) is 0 Å². The van der Waals surface area contributed by atoms with Crippen molar-refractivity contribution >= 4 is 21.7 Å². The lowest BCUT2D eigenvalue weighted by Gasteiger charge is -2.31. The summed E-state index contributed by atoms with van der Waals surface area (Å²) >= 11 is 0. The smallest absolute Gasteiger partial charge is 0.307 e. The first-order valence-electron chi connectivity index (χ1n) is 11.0. The summed E-state index contributed by atoms with van der Waals surface area (Å²) in [7, 11) is -3.81. The first-order valence-corrected chi connectivity index (χ1v) is 12.6. The van der Waals surface area contributed by atoms with Gasteiger partial charge in [0.15, 0.2) is 0 Å². The highest BCUT2D eigenvalue weighted by atomic mass is 32.2. The summed E-state index contributed by atoms with van der Waals surface area (Å²) in [6, 6.07) is 2.16. The summed E-state index contributed by atoms with van der Waals surface area (Å²) in [5.41, 5.74) is 6.36. The van der Waals surface area contributed by atoms with E-state index in [9.17, 15) is 13.2 Å². The van der Waals surface area contributed by atoms with Crippen molar-refractivity contribution in [3.63, 3.8) is 0 Å². The molecule has 30 heavy (non-hydrogen) atoms. The molecule has 0 radical (unpaired) electrons. The molecule has 1 aromatic rings. The number of carbonyl (C=O) groups excluding carboxylic acids is 1. The molecule has 3 rings (SSSR count). The minimum Gasteiger partial charge on any atom is -0.307 e. The number of amides is 2. The lowest BCUT2D eigenvalue weighted by atomic mass is 9.99. The number of anilines is 1. The Morgan fingerprint density at radius 1 is 1.03 bits per heavy atom. The average molecular weight is 434 g/mol. The summed E-state index contributed by atoms with van der Waals surface area (Å²) < 4.78 is 27.4. The molecule has 2 aliphatic carbocycles. The Kier molecular flexibility index (Phi) is 6.92. The summed E-state index contributed by atoms with van der Waals surface area (Å²) in [4.78, 5) is 14.8. The molecule has 1 aromatic carbocycles. The Balaban J connectivity index is 1.66. The van der Waals surface area contributed by atoms with Crippen LogP contribution < -0.4 is 10.0 Å². The van der Waals surface area contributed by atoms with Gasteiger partial charge in [-0.3, -0.25) is 4.90 Å². The largest absolute Gasteiger partial charge is 0.332 e. The van der Waals surface area contributed by atoms with Crippen LogP contribution in [0.15, 0.2) is 18.2 Å². The number of fused-ring (bicyclic) bond motifs is 2. The van der Waals surface area contributed by atoms with Crippen LogP contribution in [0.5, 0.6) is 0 Å². The van der Waals surface area contributed by atoms with Gasteiger partial charge in [0.1, 0.15) is 0 Å². The molecule has 0 bridgehead atoms. The van der Waals surface area contributed by atoms with Gasteiger partial charge in [-0.2, -0.15) is 0 Å². The molecule has 166 valence electrons. The Hall–Kier alpha value is -1.86. The number of nitrogens with zero attached hydrogens (tertiary/aromatic N) is 1. The zero-order valence-electron chi connectivity index (χ0n) is 18.7. The second-order valence-corrected chi connectivity index (χ2v) is 10.9. The Morgan fingerprint density at radius 2 is 1.57 bits per heavy atom. The predicted octanol–water partition coefficient (Wildman–Crippen LogP) is 3.79. The zero-order valence-corrected chi connectivity index (χ0v) is 19.5. The fourth-order valence-corrected chi connectivity index (χ4v) is 5.85. The molecule has 0 aromatic heterocycles. The van der Waals surface area contributed by atoms with Crippen LogP contribution in [0.1, 0.15) is 62.8 Å². The number of rotatable bonds is 8. The molecule has 0 atom stereocenters. The highest BCUT2D eigenvalue weighted by Gasteiger charge is 2.26. The summed E-state index contributed by atoms with van der Waals surface area (Å²) in [5, 5.41) is 2.88. The Labute approximate surface area is 181 Å². The topological polar surface area (TPSA) is 78.5 Å². The molecule has 0 aliphatic heterocycles. The second kappa shape index (κ2) is 9.10. The van der Waals surface area contributed by atoms with E-state index in [-0.39, 0.29) is 17.8 Å². The zero-order chi connectivity index (χ0) is 22.1. The molecule has 2 amide bonds. The maximum atomic E-state index is 12.6. The van der Waals surface area contributed by atoms with Crippen molar-refractivity contribution in [2.75, 3.05) is 17.6 Å². The first kappa shape index (κ1) is 22.8. The van der Waals surface area contributed by atoms with Crippen molar-refractivity contribution < 1.29 is 13.2 Å². The van der Waals surface area contributed by atoms with Crippen LogP contribution in [0.4, 0.5) is 10.5 Å². The molecule has 0 heterocycles. The number of hydrogen-bond donors (Lipinski definition) is 2. The third kappa shape index (κ3) is 5.24. The van der Waals surface area contributed by atoms with Gasteiger partial charge in [0.2, 0.25) is 10.0 Å². The number of hydrogen-bond acceptors (Lipinski definition) is 4. The molecule has 0 unspecified atom stereocenters. The van der Waals surface area contributed by atoms with E-state index in [1.807, 2.05) is 0 Å². The standard InChI is InChI=1S/C23H35N3O3S/c1-15(2)26(16(3)4)13-17(5)14-30(28,29)25-23(27)24-22-20-10-6-8-18(20)12-19-9-7-11-21(19)22/h12,15-16H,5-11,13-14H2,1-4H3,(H2,24,25,27). The fraction of sp³-hybridized carbons (Fsp3) is 0.609. The van der Waals surface area contributed by atoms with Crippen molar-refractivity contribution in [3.05, 3.63) is 40.5 Å².